The van der Waals surface area contributed by atoms with Crippen molar-refractivity contribution in [1.82, 2.24) is 5.32 Å². The number of carboxylic acid groups (broad SMARTS) is 1. The minimum absolute atomic E-state index is 0.154. The van der Waals surface area contributed by atoms with Crippen molar-refractivity contribution in [3.05, 3.63) is 29.8 Å². The number of benzene rings is 1. The van der Waals surface area contributed by atoms with Crippen molar-refractivity contribution in [2.75, 3.05) is 13.3 Å². The highest BCUT2D eigenvalue weighted by molar-refractivity contribution is 5.83. The molecular formula is C15H20FNO4. The van der Waals surface area contributed by atoms with Crippen LogP contribution in [0, 0.1) is 6.92 Å². The third-order valence-electron chi connectivity index (χ3n) is 2.84. The maximum absolute atomic E-state index is 12.3. The average Bonchev–Trinajstić information content (AvgIpc) is 2.44. The van der Waals surface area contributed by atoms with E-state index in [1.807, 2.05) is 31.2 Å². The fourth-order valence-corrected chi connectivity index (χ4v) is 1.72. The van der Waals surface area contributed by atoms with E-state index < -0.39 is 24.6 Å². The quantitative estimate of drug-likeness (QED) is 0.684. The molecule has 1 aromatic carbocycles. The Bertz CT molecular complexity index is 478. The number of hydrogen-bond acceptors (Lipinski definition) is 3. The summed E-state index contributed by atoms with van der Waals surface area (Å²) in [6, 6.07) is 6.20. The summed E-state index contributed by atoms with van der Waals surface area (Å²) >= 11 is 0. The molecule has 5 nitrogen and oxygen atoms in total. The van der Waals surface area contributed by atoms with Crippen LogP contribution >= 0.6 is 0 Å². The van der Waals surface area contributed by atoms with Crippen molar-refractivity contribution in [2.45, 2.75) is 32.2 Å². The Hall–Kier alpha value is -2.11. The predicted octanol–water partition coefficient (Wildman–Crippen LogP) is 2.08. The number of halogens is 1. The van der Waals surface area contributed by atoms with Crippen molar-refractivity contribution >= 4 is 11.9 Å². The van der Waals surface area contributed by atoms with Gasteiger partial charge in [-0.1, -0.05) is 12.1 Å². The number of aryl methyl sites for hydroxylation is 1. The van der Waals surface area contributed by atoms with Crippen molar-refractivity contribution < 1.29 is 23.8 Å². The fraction of sp³-hybridized carbons (Fsp3) is 0.467. The number of nitrogens with one attached hydrogen (secondary N) is 1. The third-order valence-corrected chi connectivity index (χ3v) is 2.84. The van der Waals surface area contributed by atoms with E-state index in [4.69, 9.17) is 9.84 Å². The third kappa shape index (κ3) is 6.74. The first-order valence-corrected chi connectivity index (χ1v) is 6.80. The van der Waals surface area contributed by atoms with Crippen LogP contribution in [0.1, 0.15) is 24.8 Å². The van der Waals surface area contributed by atoms with Gasteiger partial charge >= 0.3 is 5.97 Å². The molecule has 0 aliphatic heterocycles. The molecule has 1 amide bonds. The Kier molecular flexibility index (Phi) is 7.21. The first-order valence-electron chi connectivity index (χ1n) is 6.80. The van der Waals surface area contributed by atoms with Gasteiger partial charge in [0.2, 0.25) is 5.91 Å². The molecule has 1 aromatic rings. The molecule has 0 saturated heterocycles. The van der Waals surface area contributed by atoms with Gasteiger partial charge in [0.05, 0.1) is 6.61 Å². The zero-order valence-corrected chi connectivity index (χ0v) is 12.0. The Morgan fingerprint density at radius 1 is 1.38 bits per heavy atom. The maximum Gasteiger partial charge on any atom is 0.328 e. The van der Waals surface area contributed by atoms with Gasteiger partial charge in [-0.2, -0.15) is 0 Å². The lowest BCUT2D eigenvalue weighted by molar-refractivity contribution is -0.142. The van der Waals surface area contributed by atoms with Crippen LogP contribution in [0.5, 0.6) is 5.75 Å². The molecule has 0 radical (unpaired) electrons. The first kappa shape index (κ1) is 16.9. The summed E-state index contributed by atoms with van der Waals surface area (Å²) in [4.78, 5) is 22.0. The van der Waals surface area contributed by atoms with Crippen LogP contribution in [0.15, 0.2) is 24.3 Å². The standard InChI is InChI=1S/C15H20FNO4/c1-11-5-4-6-12(9-11)21-8-3-2-7-14(18)17-13(10-16)15(19)20/h4-6,9,13H,2-3,7-8,10H2,1H3,(H,17,18)(H,19,20). The summed E-state index contributed by atoms with van der Waals surface area (Å²) < 4.78 is 17.8. The highest BCUT2D eigenvalue weighted by Gasteiger charge is 2.18. The highest BCUT2D eigenvalue weighted by atomic mass is 19.1. The molecule has 6 heteroatoms. The second kappa shape index (κ2) is 8.94. The van der Waals surface area contributed by atoms with E-state index in [2.05, 4.69) is 5.32 Å². The average molecular weight is 297 g/mol. The molecule has 0 fully saturated rings. The number of alkyl halides is 1. The Morgan fingerprint density at radius 3 is 2.76 bits per heavy atom. The fourth-order valence-electron chi connectivity index (χ4n) is 1.72. The zero-order valence-electron chi connectivity index (χ0n) is 12.0. The molecule has 0 spiro atoms. The first-order chi connectivity index (χ1) is 10.0. The minimum Gasteiger partial charge on any atom is -0.494 e. The molecule has 0 saturated carbocycles. The molecule has 2 N–H and O–H groups in total. The number of hydrogen-bond donors (Lipinski definition) is 2. The van der Waals surface area contributed by atoms with E-state index in [-0.39, 0.29) is 6.42 Å². The second-order valence-corrected chi connectivity index (χ2v) is 4.73. The molecule has 0 aliphatic rings. The molecule has 116 valence electrons. The predicted molar refractivity (Wildman–Crippen MR) is 76.1 cm³/mol. The van der Waals surface area contributed by atoms with Gasteiger partial charge in [-0.25, -0.2) is 9.18 Å². The van der Waals surface area contributed by atoms with E-state index in [1.165, 1.54) is 0 Å². The number of amides is 1. The lowest BCUT2D eigenvalue weighted by Gasteiger charge is -2.10. The van der Waals surface area contributed by atoms with Crippen LogP contribution in [0.4, 0.5) is 4.39 Å². The van der Waals surface area contributed by atoms with E-state index >= 15 is 0 Å². The van der Waals surface area contributed by atoms with Crippen molar-refractivity contribution in [2.24, 2.45) is 0 Å². The molecule has 1 rings (SSSR count). The van der Waals surface area contributed by atoms with E-state index in [1.54, 1.807) is 0 Å². The van der Waals surface area contributed by atoms with Gasteiger partial charge in [-0.3, -0.25) is 4.79 Å². The van der Waals surface area contributed by atoms with Crippen LogP contribution in [-0.2, 0) is 9.59 Å². The van der Waals surface area contributed by atoms with Gasteiger partial charge in [0.1, 0.15) is 12.4 Å². The maximum atomic E-state index is 12.3. The van der Waals surface area contributed by atoms with Gasteiger partial charge in [0.15, 0.2) is 6.04 Å². The lowest BCUT2D eigenvalue weighted by Crippen LogP contribution is -2.42. The molecule has 0 aromatic heterocycles. The van der Waals surface area contributed by atoms with Crippen molar-refractivity contribution in [3.8, 4) is 5.75 Å². The summed E-state index contributed by atoms with van der Waals surface area (Å²) in [5.74, 6) is -1.05. The van der Waals surface area contributed by atoms with Gasteiger partial charge in [0.25, 0.3) is 0 Å². The summed E-state index contributed by atoms with van der Waals surface area (Å²) in [7, 11) is 0. The monoisotopic (exact) mass is 297 g/mol. The van der Waals surface area contributed by atoms with Crippen LogP contribution in [0.3, 0.4) is 0 Å². The molecule has 0 bridgehead atoms. The number of carbonyl (C=O) groups excluding carboxylic acids is 1. The van der Waals surface area contributed by atoms with E-state index in [0.29, 0.717) is 19.4 Å². The second-order valence-electron chi connectivity index (χ2n) is 4.73. The van der Waals surface area contributed by atoms with Gasteiger partial charge in [0, 0.05) is 6.42 Å². The zero-order chi connectivity index (χ0) is 15.7. The van der Waals surface area contributed by atoms with Gasteiger partial charge < -0.3 is 15.2 Å². The summed E-state index contributed by atoms with van der Waals surface area (Å²) in [6.07, 6.45) is 1.37. The molecule has 0 aliphatic carbocycles. The Balaban J connectivity index is 2.16. The van der Waals surface area contributed by atoms with Crippen LogP contribution in [0.2, 0.25) is 0 Å². The summed E-state index contributed by atoms with van der Waals surface area (Å²) in [5, 5.41) is 10.7. The van der Waals surface area contributed by atoms with E-state index in [0.717, 1.165) is 11.3 Å². The highest BCUT2D eigenvalue weighted by Crippen LogP contribution is 2.12. The Labute approximate surface area is 123 Å². The van der Waals surface area contributed by atoms with Gasteiger partial charge in [-0.15, -0.1) is 0 Å². The number of ether oxygens (including phenoxy) is 1. The van der Waals surface area contributed by atoms with Crippen molar-refractivity contribution in [1.29, 1.82) is 0 Å². The van der Waals surface area contributed by atoms with Crippen LogP contribution in [0.25, 0.3) is 0 Å². The van der Waals surface area contributed by atoms with Crippen molar-refractivity contribution in [3.63, 3.8) is 0 Å². The molecule has 0 heterocycles. The summed E-state index contributed by atoms with van der Waals surface area (Å²) in [5.41, 5.74) is 1.11. The van der Waals surface area contributed by atoms with Crippen LogP contribution < -0.4 is 10.1 Å². The number of unbranched alkanes of at least 4 members (excludes halogenated alkanes) is 1. The summed E-state index contributed by atoms with van der Waals surface area (Å²) in [6.45, 7) is 1.33. The molecular weight excluding hydrogens is 277 g/mol. The van der Waals surface area contributed by atoms with Gasteiger partial charge in [-0.05, 0) is 37.5 Å². The number of carbonyl (C=O) groups is 2. The largest absolute Gasteiger partial charge is 0.494 e. The molecule has 1 atom stereocenters. The lowest BCUT2D eigenvalue weighted by atomic mass is 10.2. The van der Waals surface area contributed by atoms with Crippen LogP contribution in [-0.4, -0.2) is 36.3 Å². The molecule has 21 heavy (non-hydrogen) atoms. The SMILES string of the molecule is Cc1cccc(OCCCCC(=O)NC(CF)C(=O)O)c1. The number of rotatable bonds is 9. The normalized spacial score (nSPS) is 11.7. The topological polar surface area (TPSA) is 75.6 Å². The Morgan fingerprint density at radius 2 is 2.14 bits per heavy atom. The smallest absolute Gasteiger partial charge is 0.328 e. The minimum atomic E-state index is -1.46. The van der Waals surface area contributed by atoms with E-state index in [9.17, 15) is 14.0 Å². The number of aliphatic carboxylic acids is 1. The number of carboxylic acids is 1. The molecule has 1 unspecified atom stereocenters.